The minimum atomic E-state index is -0.550. The van der Waals surface area contributed by atoms with E-state index in [4.69, 9.17) is 26.1 Å². The van der Waals surface area contributed by atoms with Crippen LogP contribution in [0.3, 0.4) is 0 Å². The topological polar surface area (TPSA) is 122 Å². The Hall–Kier alpha value is -3.83. The number of hydrogen-bond acceptors (Lipinski definition) is 8. The molecule has 12 heteroatoms. The summed E-state index contributed by atoms with van der Waals surface area (Å²) in [6.07, 6.45) is 3.36. The zero-order valence-corrected chi connectivity index (χ0v) is 23.1. The summed E-state index contributed by atoms with van der Waals surface area (Å²) < 4.78 is 13.6. The van der Waals surface area contributed by atoms with Crippen molar-refractivity contribution in [3.8, 4) is 17.4 Å². The first-order chi connectivity index (χ1) is 18.2. The van der Waals surface area contributed by atoms with Gasteiger partial charge in [0.15, 0.2) is 11.5 Å². The summed E-state index contributed by atoms with van der Waals surface area (Å²) in [6, 6.07) is 11.3. The zero-order valence-electron chi connectivity index (χ0n) is 20.7. The lowest BCUT2D eigenvalue weighted by Crippen LogP contribution is -2.23. The molecule has 2 aromatic heterocycles. The number of rotatable bonds is 9. The Morgan fingerprint density at radius 2 is 2.03 bits per heavy atom. The predicted octanol–water partition coefficient (Wildman–Crippen LogP) is 6.70. The number of nitro groups is 1. The molecule has 4 aromatic rings. The first-order valence-electron chi connectivity index (χ1n) is 11.7. The summed E-state index contributed by atoms with van der Waals surface area (Å²) >= 11 is 9.94. The number of halogens is 2. The number of benzene rings is 2. The lowest BCUT2D eigenvalue weighted by atomic mass is 10.1. The molecule has 38 heavy (non-hydrogen) atoms. The molecule has 1 atom stereocenters. The summed E-state index contributed by atoms with van der Waals surface area (Å²) in [5.41, 5.74) is 0.701. The molecule has 0 amide bonds. The number of fused-ring (bicyclic) bond motifs is 1. The van der Waals surface area contributed by atoms with Crippen molar-refractivity contribution in [3.63, 3.8) is 0 Å². The monoisotopic (exact) mass is 599 g/mol. The van der Waals surface area contributed by atoms with Gasteiger partial charge in [0, 0.05) is 22.5 Å². The van der Waals surface area contributed by atoms with Gasteiger partial charge in [-0.25, -0.2) is 9.97 Å². The highest BCUT2D eigenvalue weighted by atomic mass is 79.9. The maximum atomic E-state index is 13.4. The highest BCUT2D eigenvalue weighted by molar-refractivity contribution is 9.10. The maximum absolute atomic E-state index is 13.4. The first-order valence-corrected chi connectivity index (χ1v) is 12.9. The second-order valence-electron chi connectivity index (χ2n) is 8.28. The molecule has 2 heterocycles. The Kier molecular flexibility index (Phi) is 8.38. The van der Waals surface area contributed by atoms with Crippen molar-refractivity contribution in [2.24, 2.45) is 5.10 Å². The minimum Gasteiger partial charge on any atom is -0.490 e. The van der Waals surface area contributed by atoms with E-state index in [9.17, 15) is 14.9 Å². The van der Waals surface area contributed by atoms with E-state index in [2.05, 4.69) is 26.0 Å². The molecule has 2 aromatic carbocycles. The van der Waals surface area contributed by atoms with E-state index in [1.165, 1.54) is 23.0 Å². The van der Waals surface area contributed by atoms with E-state index >= 15 is 0 Å². The van der Waals surface area contributed by atoms with Gasteiger partial charge >= 0.3 is 0 Å². The fraction of sp³-hybridized carbons (Fsp3) is 0.231. The fourth-order valence-corrected chi connectivity index (χ4v) is 4.19. The van der Waals surface area contributed by atoms with Crippen LogP contribution >= 0.6 is 27.5 Å². The van der Waals surface area contributed by atoms with E-state index in [1.807, 2.05) is 19.9 Å². The molecule has 0 unspecified atom stereocenters. The van der Waals surface area contributed by atoms with Crippen LogP contribution in [0, 0.1) is 10.1 Å². The van der Waals surface area contributed by atoms with Gasteiger partial charge in [0.1, 0.15) is 12.0 Å². The molecule has 10 nitrogen and oxygen atoms in total. The van der Waals surface area contributed by atoms with Crippen LogP contribution < -0.4 is 15.0 Å². The lowest BCUT2D eigenvalue weighted by Gasteiger charge is -2.15. The summed E-state index contributed by atoms with van der Waals surface area (Å²) in [5, 5.41) is 16.0. The van der Waals surface area contributed by atoms with Gasteiger partial charge in [0.05, 0.1) is 33.7 Å². The Balaban J connectivity index is 1.74. The molecule has 0 bridgehead atoms. The van der Waals surface area contributed by atoms with Crippen molar-refractivity contribution in [2.45, 2.75) is 33.1 Å². The molecular weight excluding hydrogens is 578 g/mol. The molecular formula is C26H23BrClN5O5. The Morgan fingerprint density at radius 1 is 1.24 bits per heavy atom. The average molecular weight is 601 g/mol. The summed E-state index contributed by atoms with van der Waals surface area (Å²) in [7, 11) is 0. The van der Waals surface area contributed by atoms with Crippen LogP contribution in [-0.4, -0.2) is 32.4 Å². The van der Waals surface area contributed by atoms with E-state index < -0.39 is 4.92 Å². The average Bonchev–Trinajstić information content (AvgIpc) is 2.90. The second-order valence-corrected chi connectivity index (χ2v) is 9.60. The van der Waals surface area contributed by atoms with Crippen LogP contribution in [0.1, 0.15) is 44.5 Å². The molecule has 196 valence electrons. The van der Waals surface area contributed by atoms with Crippen molar-refractivity contribution in [1.29, 1.82) is 0 Å². The van der Waals surface area contributed by atoms with Crippen molar-refractivity contribution in [3.05, 3.63) is 90.0 Å². The quantitative estimate of drug-likeness (QED) is 0.119. The Bertz CT molecular complexity index is 1590. The Morgan fingerprint density at radius 3 is 2.68 bits per heavy atom. The molecule has 0 spiro atoms. The second kappa shape index (κ2) is 11.7. The van der Waals surface area contributed by atoms with E-state index in [0.717, 1.165) is 17.1 Å². The van der Waals surface area contributed by atoms with Gasteiger partial charge < -0.3 is 9.47 Å². The van der Waals surface area contributed by atoms with Crippen molar-refractivity contribution in [2.75, 3.05) is 6.61 Å². The normalized spacial score (nSPS) is 12.1. The highest BCUT2D eigenvalue weighted by Crippen LogP contribution is 2.39. The fourth-order valence-electron chi connectivity index (χ4n) is 3.57. The van der Waals surface area contributed by atoms with Gasteiger partial charge in [0.25, 0.3) is 11.2 Å². The standard InChI is InChI=1S/C26H23BrClN5O5/c1-4-15(3)25-31-21-8-6-17(27)12-19(21)26(34)32(25)30-13-16-10-20(28)24(22(11-16)37-5-2)38-23-9-7-18(14-29-23)33(35)36/h6-15H,4-5H2,1-3H3/t15-/m1/s1. The van der Waals surface area contributed by atoms with Gasteiger partial charge in [-0.15, -0.1) is 0 Å². The molecule has 0 N–H and O–H groups in total. The third kappa shape index (κ3) is 5.84. The molecule has 0 radical (unpaired) electrons. The number of ether oxygens (including phenoxy) is 2. The van der Waals surface area contributed by atoms with Crippen LogP contribution in [0.5, 0.6) is 17.4 Å². The van der Waals surface area contributed by atoms with Crippen molar-refractivity contribution >= 4 is 50.3 Å². The van der Waals surface area contributed by atoms with E-state index in [1.54, 1.807) is 31.2 Å². The van der Waals surface area contributed by atoms with E-state index in [-0.39, 0.29) is 33.8 Å². The number of hydrogen-bond donors (Lipinski definition) is 0. The molecule has 0 fully saturated rings. The summed E-state index contributed by atoms with van der Waals surface area (Å²) in [5.74, 6) is 1.15. The van der Waals surface area contributed by atoms with Gasteiger partial charge in [-0.1, -0.05) is 41.4 Å². The highest BCUT2D eigenvalue weighted by Gasteiger charge is 2.17. The first kappa shape index (κ1) is 27.2. The van der Waals surface area contributed by atoms with E-state index in [0.29, 0.717) is 34.6 Å². The van der Waals surface area contributed by atoms with Crippen LogP contribution in [0.2, 0.25) is 5.02 Å². The maximum Gasteiger partial charge on any atom is 0.287 e. The zero-order chi connectivity index (χ0) is 27.4. The number of aromatic nitrogens is 3. The van der Waals surface area contributed by atoms with Crippen molar-refractivity contribution in [1.82, 2.24) is 14.6 Å². The smallest absolute Gasteiger partial charge is 0.287 e. The van der Waals surface area contributed by atoms with Crippen molar-refractivity contribution < 1.29 is 14.4 Å². The third-order valence-electron chi connectivity index (χ3n) is 5.68. The molecule has 0 aliphatic rings. The van der Waals surface area contributed by atoms with Gasteiger partial charge in [-0.05, 0) is 49.2 Å². The molecule has 0 aliphatic heterocycles. The molecule has 0 saturated carbocycles. The Labute approximate surface area is 231 Å². The summed E-state index contributed by atoms with van der Waals surface area (Å²) in [4.78, 5) is 32.4. The lowest BCUT2D eigenvalue weighted by molar-refractivity contribution is -0.385. The van der Waals surface area contributed by atoms with Crippen LogP contribution in [0.25, 0.3) is 10.9 Å². The van der Waals surface area contributed by atoms with Crippen LogP contribution in [0.4, 0.5) is 5.69 Å². The molecule has 0 aliphatic carbocycles. The van der Waals surface area contributed by atoms with Gasteiger partial charge in [0.2, 0.25) is 5.88 Å². The van der Waals surface area contributed by atoms with Crippen LogP contribution in [0.15, 0.2) is 63.0 Å². The van der Waals surface area contributed by atoms with Gasteiger partial charge in [-0.3, -0.25) is 14.9 Å². The molecule has 0 saturated heterocycles. The third-order valence-corrected chi connectivity index (χ3v) is 6.45. The number of nitrogens with zero attached hydrogens (tertiary/aromatic N) is 5. The number of pyridine rings is 1. The summed E-state index contributed by atoms with van der Waals surface area (Å²) in [6.45, 7) is 6.13. The SMILES string of the molecule is CCOc1cc(C=Nn2c([C@H](C)CC)nc3ccc(Br)cc3c2=O)cc(Cl)c1Oc1ccc([N+](=O)[O-])cn1. The van der Waals surface area contributed by atoms with Crippen LogP contribution in [-0.2, 0) is 0 Å². The molecule has 4 rings (SSSR count). The van der Waals surface area contributed by atoms with Gasteiger partial charge in [-0.2, -0.15) is 9.78 Å². The largest absolute Gasteiger partial charge is 0.490 e. The minimum absolute atomic E-state index is 0.0135. The predicted molar refractivity (Wildman–Crippen MR) is 149 cm³/mol.